The maximum absolute atomic E-state index is 6.11. The Morgan fingerprint density at radius 1 is 1.00 bits per heavy atom. The highest BCUT2D eigenvalue weighted by molar-refractivity contribution is 5.86. The first-order chi connectivity index (χ1) is 12.2. The molecule has 0 unspecified atom stereocenters. The number of aromatic amines is 1. The molecular weight excluding hydrogens is 310 g/mol. The number of rotatable bonds is 5. The highest BCUT2D eigenvalue weighted by atomic mass is 16.5. The Bertz CT molecular complexity index is 875. The van der Waals surface area contributed by atoms with Gasteiger partial charge in [0.1, 0.15) is 5.75 Å². The first kappa shape index (κ1) is 16.2. The van der Waals surface area contributed by atoms with Crippen LogP contribution in [0.5, 0.6) is 5.75 Å². The second-order valence-electron chi connectivity index (χ2n) is 7.00. The summed E-state index contributed by atoms with van der Waals surface area (Å²) in [5.74, 6) is 0.903. The van der Waals surface area contributed by atoms with Crippen molar-refractivity contribution < 1.29 is 9.47 Å². The van der Waals surface area contributed by atoms with Crippen LogP contribution in [0.3, 0.4) is 0 Å². The Morgan fingerprint density at radius 3 is 2.56 bits per heavy atom. The maximum Gasteiger partial charge on any atom is 0.124 e. The monoisotopic (exact) mass is 335 g/mol. The highest BCUT2D eigenvalue weighted by Crippen LogP contribution is 2.31. The molecule has 0 radical (unpaired) electrons. The summed E-state index contributed by atoms with van der Waals surface area (Å²) in [4.78, 5) is 3.38. The summed E-state index contributed by atoms with van der Waals surface area (Å²) in [5.41, 5.74) is 5.91. The van der Waals surface area contributed by atoms with Crippen molar-refractivity contribution in [2.75, 3.05) is 7.11 Å². The third-order valence-electron chi connectivity index (χ3n) is 5.15. The molecule has 130 valence electrons. The molecule has 0 atom stereocenters. The third kappa shape index (κ3) is 3.42. The summed E-state index contributed by atoms with van der Waals surface area (Å²) in [7, 11) is 1.72. The van der Waals surface area contributed by atoms with E-state index in [1.54, 1.807) is 7.11 Å². The molecule has 3 heteroatoms. The summed E-state index contributed by atoms with van der Waals surface area (Å²) in [5, 5.41) is 1.24. The molecule has 2 aromatic carbocycles. The predicted molar refractivity (Wildman–Crippen MR) is 102 cm³/mol. The van der Waals surface area contributed by atoms with Crippen LogP contribution < -0.4 is 4.74 Å². The van der Waals surface area contributed by atoms with E-state index in [9.17, 15) is 0 Å². The highest BCUT2D eigenvalue weighted by Gasteiger charge is 2.16. The van der Waals surface area contributed by atoms with Crippen LogP contribution in [0.4, 0.5) is 0 Å². The predicted octanol–water partition coefficient (Wildman–Crippen LogP) is 5.61. The molecule has 1 aliphatic carbocycles. The molecule has 1 N–H and O–H groups in total. The summed E-state index contributed by atoms with van der Waals surface area (Å²) in [6, 6.07) is 15.1. The molecule has 3 aromatic rings. The van der Waals surface area contributed by atoms with Gasteiger partial charge in [0.05, 0.1) is 19.8 Å². The largest absolute Gasteiger partial charge is 0.496 e. The second kappa shape index (κ2) is 6.93. The van der Waals surface area contributed by atoms with Gasteiger partial charge in [-0.2, -0.15) is 0 Å². The van der Waals surface area contributed by atoms with Gasteiger partial charge in [-0.15, -0.1) is 0 Å². The molecule has 0 bridgehead atoms. The van der Waals surface area contributed by atoms with Crippen LogP contribution in [0.2, 0.25) is 0 Å². The van der Waals surface area contributed by atoms with Gasteiger partial charge in [0.15, 0.2) is 0 Å². The first-order valence-corrected chi connectivity index (χ1v) is 9.11. The molecule has 4 rings (SSSR count). The molecule has 0 aliphatic heterocycles. The fraction of sp³-hybridized carbons (Fsp3) is 0.364. The summed E-state index contributed by atoms with van der Waals surface area (Å²) in [6.45, 7) is 2.71. The number of aromatic nitrogens is 1. The lowest BCUT2D eigenvalue weighted by atomic mass is 10.0. The summed E-state index contributed by atoms with van der Waals surface area (Å²) in [6.07, 6.45) is 5.36. The number of benzene rings is 2. The number of nitrogens with one attached hydrogen (secondary N) is 1. The van der Waals surface area contributed by atoms with E-state index in [2.05, 4.69) is 54.4 Å². The molecule has 3 nitrogen and oxygen atoms in total. The van der Waals surface area contributed by atoms with Gasteiger partial charge in [0.2, 0.25) is 0 Å². The lowest BCUT2D eigenvalue weighted by Gasteiger charge is -2.15. The van der Waals surface area contributed by atoms with Crippen molar-refractivity contribution in [1.82, 2.24) is 4.98 Å². The van der Waals surface area contributed by atoms with Crippen molar-refractivity contribution in [3.05, 3.63) is 53.7 Å². The number of H-pyrrole nitrogens is 1. The van der Waals surface area contributed by atoms with E-state index < -0.39 is 0 Å². The van der Waals surface area contributed by atoms with E-state index in [1.165, 1.54) is 53.4 Å². The second-order valence-corrected chi connectivity index (χ2v) is 7.00. The fourth-order valence-electron chi connectivity index (χ4n) is 3.79. The minimum atomic E-state index is 0.410. The van der Waals surface area contributed by atoms with Crippen LogP contribution >= 0.6 is 0 Å². The Hall–Kier alpha value is -2.26. The smallest absolute Gasteiger partial charge is 0.124 e. The Morgan fingerprint density at radius 2 is 1.76 bits per heavy atom. The third-order valence-corrected chi connectivity index (χ3v) is 5.15. The van der Waals surface area contributed by atoms with Gasteiger partial charge in [-0.25, -0.2) is 0 Å². The van der Waals surface area contributed by atoms with Gasteiger partial charge in [-0.1, -0.05) is 25.0 Å². The molecule has 1 aromatic heterocycles. The van der Waals surface area contributed by atoms with Crippen molar-refractivity contribution in [1.29, 1.82) is 0 Å². The zero-order valence-electron chi connectivity index (χ0n) is 15.0. The van der Waals surface area contributed by atoms with Crippen molar-refractivity contribution >= 4 is 10.9 Å². The Labute approximate surface area is 149 Å². The number of fused-ring (bicyclic) bond motifs is 1. The van der Waals surface area contributed by atoms with E-state index >= 15 is 0 Å². The van der Waals surface area contributed by atoms with E-state index in [0.717, 1.165) is 11.3 Å². The quantitative estimate of drug-likeness (QED) is 0.657. The van der Waals surface area contributed by atoms with Crippen LogP contribution in [0, 0.1) is 6.92 Å². The number of methoxy groups -OCH3 is 1. The summed E-state index contributed by atoms with van der Waals surface area (Å²) < 4.78 is 11.7. The van der Waals surface area contributed by atoms with Crippen LogP contribution in [-0.4, -0.2) is 18.2 Å². The molecule has 0 spiro atoms. The number of hydrogen-bond acceptors (Lipinski definition) is 2. The zero-order valence-corrected chi connectivity index (χ0v) is 15.0. The average molecular weight is 335 g/mol. The topological polar surface area (TPSA) is 34.2 Å². The van der Waals surface area contributed by atoms with Crippen LogP contribution in [0.25, 0.3) is 22.0 Å². The molecule has 0 saturated heterocycles. The molecule has 1 fully saturated rings. The SMILES string of the molecule is COc1ccc(-c2ccc3[nH]c(C)cc3c2)cc1COC1CCCC1. The normalized spacial score (nSPS) is 15.1. The fourth-order valence-corrected chi connectivity index (χ4v) is 3.79. The number of ether oxygens (including phenoxy) is 2. The van der Waals surface area contributed by atoms with Crippen molar-refractivity contribution in [2.45, 2.75) is 45.3 Å². The van der Waals surface area contributed by atoms with E-state index in [0.29, 0.717) is 12.7 Å². The molecule has 1 heterocycles. The lowest BCUT2D eigenvalue weighted by Crippen LogP contribution is -2.08. The standard InChI is InChI=1S/C22H25NO2/c1-15-11-18-12-16(7-9-21(18)23-15)17-8-10-22(24-2)19(13-17)14-25-20-5-3-4-6-20/h7-13,20,23H,3-6,14H2,1-2H3. The minimum Gasteiger partial charge on any atom is -0.496 e. The van der Waals surface area contributed by atoms with E-state index in [-0.39, 0.29) is 0 Å². The van der Waals surface area contributed by atoms with Gasteiger partial charge in [0, 0.05) is 22.2 Å². The van der Waals surface area contributed by atoms with Gasteiger partial charge >= 0.3 is 0 Å². The molecular formula is C22H25NO2. The molecule has 1 aliphatic rings. The zero-order chi connectivity index (χ0) is 17.2. The van der Waals surface area contributed by atoms with E-state index in [1.807, 2.05) is 0 Å². The van der Waals surface area contributed by atoms with E-state index in [4.69, 9.17) is 9.47 Å². The molecule has 25 heavy (non-hydrogen) atoms. The van der Waals surface area contributed by atoms with Gasteiger partial charge in [-0.05, 0) is 61.2 Å². The van der Waals surface area contributed by atoms with Crippen molar-refractivity contribution in [2.24, 2.45) is 0 Å². The number of aryl methyl sites for hydroxylation is 1. The number of hydrogen-bond donors (Lipinski definition) is 1. The van der Waals surface area contributed by atoms with Crippen LogP contribution in [-0.2, 0) is 11.3 Å². The average Bonchev–Trinajstić information content (AvgIpc) is 3.27. The van der Waals surface area contributed by atoms with Crippen molar-refractivity contribution in [3.8, 4) is 16.9 Å². The van der Waals surface area contributed by atoms with Crippen LogP contribution in [0.1, 0.15) is 36.9 Å². The van der Waals surface area contributed by atoms with Gasteiger partial charge in [0.25, 0.3) is 0 Å². The lowest BCUT2D eigenvalue weighted by molar-refractivity contribution is 0.0446. The summed E-state index contributed by atoms with van der Waals surface area (Å²) >= 11 is 0. The van der Waals surface area contributed by atoms with Gasteiger partial charge in [-0.3, -0.25) is 0 Å². The van der Waals surface area contributed by atoms with Gasteiger partial charge < -0.3 is 14.5 Å². The Balaban J connectivity index is 1.62. The minimum absolute atomic E-state index is 0.410. The maximum atomic E-state index is 6.11. The molecule has 0 amide bonds. The Kier molecular flexibility index (Phi) is 4.50. The van der Waals surface area contributed by atoms with Crippen LogP contribution in [0.15, 0.2) is 42.5 Å². The van der Waals surface area contributed by atoms with Crippen molar-refractivity contribution in [3.63, 3.8) is 0 Å². The first-order valence-electron chi connectivity index (χ1n) is 9.11. The molecule has 1 saturated carbocycles.